The van der Waals surface area contributed by atoms with E-state index in [9.17, 15) is 9.59 Å². The van der Waals surface area contributed by atoms with Gasteiger partial charge in [-0.1, -0.05) is 6.07 Å². The second kappa shape index (κ2) is 8.87. The van der Waals surface area contributed by atoms with Crippen molar-refractivity contribution in [2.45, 2.75) is 6.92 Å². The first-order valence-electron chi connectivity index (χ1n) is 7.60. The van der Waals surface area contributed by atoms with Gasteiger partial charge < -0.3 is 15.0 Å². The smallest absolute Gasteiger partial charge is 0.264 e. The summed E-state index contributed by atoms with van der Waals surface area (Å²) in [5.74, 6) is 0.0491. The van der Waals surface area contributed by atoms with E-state index < -0.39 is 0 Å². The highest BCUT2D eigenvalue weighted by Gasteiger charge is 2.22. The van der Waals surface area contributed by atoms with E-state index in [-0.39, 0.29) is 18.4 Å². The molecule has 1 aromatic rings. The van der Waals surface area contributed by atoms with Gasteiger partial charge in [-0.05, 0) is 18.4 Å². The summed E-state index contributed by atoms with van der Waals surface area (Å²) < 4.78 is 5.04. The van der Waals surface area contributed by atoms with Gasteiger partial charge in [-0.3, -0.25) is 14.5 Å². The van der Waals surface area contributed by atoms with E-state index in [1.165, 1.54) is 11.3 Å². The third-order valence-corrected chi connectivity index (χ3v) is 4.44. The molecule has 6 nitrogen and oxygen atoms in total. The summed E-state index contributed by atoms with van der Waals surface area (Å²) in [6.45, 7) is 7.13. The lowest BCUT2D eigenvalue weighted by atomic mass is 10.3. The minimum atomic E-state index is -0.0756. The molecule has 0 aromatic carbocycles. The number of carbonyl (C=O) groups is 2. The average Bonchev–Trinajstić information content (AvgIpc) is 3.07. The first kappa shape index (κ1) is 16.9. The Morgan fingerprint density at radius 1 is 1.32 bits per heavy atom. The third-order valence-electron chi connectivity index (χ3n) is 3.58. The van der Waals surface area contributed by atoms with Crippen molar-refractivity contribution in [2.24, 2.45) is 0 Å². The van der Waals surface area contributed by atoms with Crippen molar-refractivity contribution in [2.75, 3.05) is 52.5 Å². The standard InChI is InChI=1S/C15H23N3O3S/c1-2-21-12-14(19)16-5-6-17-7-9-18(10-8-17)15(20)13-4-3-11-22-13/h3-4,11H,2,5-10,12H2,1H3,(H,16,19). The fraction of sp³-hybridized carbons (Fsp3) is 0.600. The number of amides is 2. The molecule has 0 aliphatic carbocycles. The highest BCUT2D eigenvalue weighted by molar-refractivity contribution is 7.12. The number of hydrogen-bond donors (Lipinski definition) is 1. The van der Waals surface area contributed by atoms with Crippen LogP contribution >= 0.6 is 11.3 Å². The lowest BCUT2D eigenvalue weighted by Gasteiger charge is -2.34. The molecule has 7 heteroatoms. The Bertz CT molecular complexity index is 470. The van der Waals surface area contributed by atoms with E-state index in [4.69, 9.17) is 4.74 Å². The summed E-state index contributed by atoms with van der Waals surface area (Å²) in [5.41, 5.74) is 0. The Morgan fingerprint density at radius 2 is 2.09 bits per heavy atom. The Hall–Kier alpha value is -1.44. The summed E-state index contributed by atoms with van der Waals surface area (Å²) in [6, 6.07) is 3.77. The molecule has 2 heterocycles. The summed E-state index contributed by atoms with van der Waals surface area (Å²) >= 11 is 1.48. The number of nitrogens with one attached hydrogen (secondary N) is 1. The van der Waals surface area contributed by atoms with E-state index in [2.05, 4.69) is 10.2 Å². The van der Waals surface area contributed by atoms with E-state index in [0.717, 1.165) is 37.6 Å². The molecule has 1 aliphatic rings. The number of rotatable bonds is 7. The van der Waals surface area contributed by atoms with Crippen LogP contribution in [0.5, 0.6) is 0 Å². The van der Waals surface area contributed by atoms with Crippen LogP contribution in [0, 0.1) is 0 Å². The zero-order valence-corrected chi connectivity index (χ0v) is 13.7. The summed E-state index contributed by atoms with van der Waals surface area (Å²) in [7, 11) is 0. The summed E-state index contributed by atoms with van der Waals surface area (Å²) in [4.78, 5) is 28.6. The van der Waals surface area contributed by atoms with Crippen molar-refractivity contribution in [3.05, 3.63) is 22.4 Å². The van der Waals surface area contributed by atoms with Crippen molar-refractivity contribution < 1.29 is 14.3 Å². The van der Waals surface area contributed by atoms with Gasteiger partial charge in [-0.15, -0.1) is 11.3 Å². The van der Waals surface area contributed by atoms with Gasteiger partial charge in [0.25, 0.3) is 5.91 Å². The monoisotopic (exact) mass is 325 g/mol. The van der Waals surface area contributed by atoms with Gasteiger partial charge in [0.15, 0.2) is 0 Å². The number of nitrogens with zero attached hydrogens (tertiary/aromatic N) is 2. The van der Waals surface area contributed by atoms with E-state index in [1.807, 2.05) is 29.3 Å². The molecule has 1 N–H and O–H groups in total. The van der Waals surface area contributed by atoms with Crippen molar-refractivity contribution in [3.8, 4) is 0 Å². The van der Waals surface area contributed by atoms with Crippen LogP contribution in [0.2, 0.25) is 0 Å². The minimum absolute atomic E-state index is 0.0756. The van der Waals surface area contributed by atoms with Crippen LogP contribution in [0.4, 0.5) is 0 Å². The quantitative estimate of drug-likeness (QED) is 0.800. The molecule has 2 rings (SSSR count). The van der Waals surface area contributed by atoms with Crippen LogP contribution in [-0.4, -0.2) is 74.1 Å². The fourth-order valence-corrected chi connectivity index (χ4v) is 3.02. The van der Waals surface area contributed by atoms with Gasteiger partial charge in [0.1, 0.15) is 6.61 Å². The minimum Gasteiger partial charge on any atom is -0.372 e. The molecule has 0 radical (unpaired) electrons. The SMILES string of the molecule is CCOCC(=O)NCCN1CCN(C(=O)c2cccs2)CC1. The van der Waals surface area contributed by atoms with Crippen LogP contribution in [0.1, 0.15) is 16.6 Å². The molecule has 22 heavy (non-hydrogen) atoms. The number of piperazine rings is 1. The Kier molecular flexibility index (Phi) is 6.82. The van der Waals surface area contributed by atoms with Crippen LogP contribution in [0.3, 0.4) is 0 Å². The van der Waals surface area contributed by atoms with E-state index >= 15 is 0 Å². The Labute approximate surface area is 135 Å². The largest absolute Gasteiger partial charge is 0.372 e. The lowest BCUT2D eigenvalue weighted by molar-refractivity contribution is -0.125. The molecule has 1 saturated heterocycles. The highest BCUT2D eigenvalue weighted by atomic mass is 32.1. The normalized spacial score (nSPS) is 15.8. The van der Waals surface area contributed by atoms with Crippen LogP contribution in [0.15, 0.2) is 17.5 Å². The van der Waals surface area contributed by atoms with Crippen molar-refractivity contribution in [1.29, 1.82) is 0 Å². The summed E-state index contributed by atoms with van der Waals surface area (Å²) in [5, 5.41) is 4.76. The Morgan fingerprint density at radius 3 is 2.73 bits per heavy atom. The molecule has 0 atom stereocenters. The molecule has 1 aromatic heterocycles. The molecule has 1 aliphatic heterocycles. The zero-order valence-electron chi connectivity index (χ0n) is 12.9. The maximum Gasteiger partial charge on any atom is 0.264 e. The number of hydrogen-bond acceptors (Lipinski definition) is 5. The molecule has 2 amide bonds. The molecule has 0 spiro atoms. The van der Waals surface area contributed by atoms with Crippen LogP contribution in [0.25, 0.3) is 0 Å². The van der Waals surface area contributed by atoms with Gasteiger partial charge in [-0.25, -0.2) is 0 Å². The van der Waals surface area contributed by atoms with E-state index in [1.54, 1.807) is 0 Å². The molecule has 0 saturated carbocycles. The summed E-state index contributed by atoms with van der Waals surface area (Å²) in [6.07, 6.45) is 0. The van der Waals surface area contributed by atoms with Gasteiger partial charge in [-0.2, -0.15) is 0 Å². The molecular weight excluding hydrogens is 302 g/mol. The van der Waals surface area contributed by atoms with E-state index in [0.29, 0.717) is 13.2 Å². The van der Waals surface area contributed by atoms with Gasteiger partial charge in [0.2, 0.25) is 5.91 Å². The Balaban J connectivity index is 1.63. The first-order chi connectivity index (χ1) is 10.7. The molecule has 0 unspecified atom stereocenters. The second-order valence-electron chi connectivity index (χ2n) is 5.10. The maximum atomic E-state index is 12.2. The maximum absolute atomic E-state index is 12.2. The highest BCUT2D eigenvalue weighted by Crippen LogP contribution is 2.13. The van der Waals surface area contributed by atoms with Crippen LogP contribution in [-0.2, 0) is 9.53 Å². The number of carbonyl (C=O) groups excluding carboxylic acids is 2. The topological polar surface area (TPSA) is 61.9 Å². The molecule has 1 fully saturated rings. The predicted octanol–water partition coefficient (Wildman–Crippen LogP) is 0.659. The first-order valence-corrected chi connectivity index (χ1v) is 8.48. The molecule has 122 valence electrons. The predicted molar refractivity (Wildman–Crippen MR) is 86.2 cm³/mol. The van der Waals surface area contributed by atoms with Gasteiger partial charge in [0.05, 0.1) is 4.88 Å². The zero-order chi connectivity index (χ0) is 15.8. The second-order valence-corrected chi connectivity index (χ2v) is 6.05. The van der Waals surface area contributed by atoms with Gasteiger partial charge in [0, 0.05) is 45.9 Å². The average molecular weight is 325 g/mol. The fourth-order valence-electron chi connectivity index (χ4n) is 2.33. The van der Waals surface area contributed by atoms with Gasteiger partial charge >= 0.3 is 0 Å². The van der Waals surface area contributed by atoms with Crippen molar-refractivity contribution >= 4 is 23.2 Å². The van der Waals surface area contributed by atoms with Crippen molar-refractivity contribution in [1.82, 2.24) is 15.1 Å². The molecular formula is C15H23N3O3S. The number of thiophene rings is 1. The lowest BCUT2D eigenvalue weighted by Crippen LogP contribution is -2.50. The van der Waals surface area contributed by atoms with Crippen molar-refractivity contribution in [3.63, 3.8) is 0 Å². The van der Waals surface area contributed by atoms with Crippen LogP contribution < -0.4 is 5.32 Å². The third kappa shape index (κ3) is 5.08. The molecule has 0 bridgehead atoms. The number of ether oxygens (including phenoxy) is 1.